The molecule has 0 aromatic rings. The first-order chi connectivity index (χ1) is 7.13. The van der Waals surface area contributed by atoms with Gasteiger partial charge in [0, 0.05) is 19.1 Å². The van der Waals surface area contributed by atoms with E-state index in [9.17, 15) is 9.59 Å². The quantitative estimate of drug-likeness (QED) is 0.602. The van der Waals surface area contributed by atoms with Gasteiger partial charge < -0.3 is 10.2 Å². The number of likely N-dealkylation sites (N-methyl/N-ethyl adjacent to an activating group) is 1. The van der Waals surface area contributed by atoms with Crippen molar-refractivity contribution in [3.05, 3.63) is 0 Å². The van der Waals surface area contributed by atoms with Crippen LogP contribution in [0.3, 0.4) is 0 Å². The summed E-state index contributed by atoms with van der Waals surface area (Å²) in [6.07, 6.45) is 1.69. The van der Waals surface area contributed by atoms with Crippen LogP contribution in [0.25, 0.3) is 0 Å². The van der Waals surface area contributed by atoms with E-state index in [1.165, 1.54) is 0 Å². The minimum Gasteiger partial charge on any atom is -0.333 e. The molecule has 2 atom stereocenters. The van der Waals surface area contributed by atoms with Crippen molar-refractivity contribution >= 4 is 34.8 Å². The summed E-state index contributed by atoms with van der Waals surface area (Å²) in [5.74, 6) is 0.0496. The number of hydrogen-bond acceptors (Lipinski definition) is 2. The second-order valence-corrected chi connectivity index (χ2v) is 5.07. The summed E-state index contributed by atoms with van der Waals surface area (Å²) in [5.41, 5.74) is 0. The van der Waals surface area contributed by atoms with Crippen molar-refractivity contribution < 1.29 is 9.59 Å². The molecule has 0 aromatic heterocycles. The van der Waals surface area contributed by atoms with Crippen LogP contribution in [0, 0.1) is 0 Å². The number of rotatable bonds is 2. The predicted molar refractivity (Wildman–Crippen MR) is 63.5 cm³/mol. The maximum Gasteiger partial charge on any atom is 0.318 e. The van der Waals surface area contributed by atoms with E-state index in [4.69, 9.17) is 0 Å². The molecule has 2 fully saturated rings. The van der Waals surface area contributed by atoms with Gasteiger partial charge in [-0.3, -0.25) is 7.91 Å². The monoisotopic (exact) mass is 323 g/mol. The van der Waals surface area contributed by atoms with Gasteiger partial charge in [-0.2, -0.15) is 0 Å². The molecule has 6 heteroatoms. The minimum atomic E-state index is -0.249. The number of urea groups is 1. The molecule has 0 radical (unpaired) electrons. The van der Waals surface area contributed by atoms with E-state index in [0.29, 0.717) is 13.1 Å². The Labute approximate surface area is 103 Å². The molecule has 2 bridgehead atoms. The number of nitrogens with zero attached hydrogens (tertiary/aromatic N) is 2. The van der Waals surface area contributed by atoms with Crippen molar-refractivity contribution in [3.63, 3.8) is 0 Å². The molecule has 5 nitrogen and oxygen atoms in total. The smallest absolute Gasteiger partial charge is 0.318 e. The third-order valence-corrected chi connectivity index (χ3v) is 4.13. The van der Waals surface area contributed by atoms with Crippen molar-refractivity contribution in [2.45, 2.75) is 31.8 Å². The number of halogens is 1. The molecule has 3 amide bonds. The van der Waals surface area contributed by atoms with E-state index in [-0.39, 0.29) is 24.0 Å². The van der Waals surface area contributed by atoms with Crippen LogP contribution in [0.1, 0.15) is 19.8 Å². The van der Waals surface area contributed by atoms with Crippen LogP contribution in [-0.4, -0.2) is 45.1 Å². The Morgan fingerprint density at radius 2 is 2.40 bits per heavy atom. The van der Waals surface area contributed by atoms with E-state index in [1.54, 1.807) is 8.01 Å². The summed E-state index contributed by atoms with van der Waals surface area (Å²) in [5, 5.41) is 2.87. The first kappa shape index (κ1) is 11.0. The molecular weight excluding hydrogens is 309 g/mol. The zero-order valence-corrected chi connectivity index (χ0v) is 10.7. The summed E-state index contributed by atoms with van der Waals surface area (Å²) >= 11 is 2.01. The van der Waals surface area contributed by atoms with E-state index in [2.05, 4.69) is 5.32 Å². The molecule has 0 aliphatic carbocycles. The first-order valence-electron chi connectivity index (χ1n) is 5.17. The van der Waals surface area contributed by atoms with Crippen molar-refractivity contribution in [3.8, 4) is 0 Å². The highest BCUT2D eigenvalue weighted by molar-refractivity contribution is 14.1. The molecular formula is C9H14IN3O2. The Hall–Kier alpha value is -0.530. The zero-order chi connectivity index (χ0) is 11.0. The van der Waals surface area contributed by atoms with Gasteiger partial charge in [0.2, 0.25) is 0 Å². The molecule has 15 heavy (non-hydrogen) atoms. The number of carbonyl (C=O) groups is 2. The number of nitrogens with one attached hydrogen (secondary N) is 1. The molecule has 0 spiro atoms. The standard InChI is InChI=1S/C9H14IN3O2/c1-2-13(10)8(14)7-4-3-6-5-12(7)9(15)11-6/h6-7H,2-5H2,1H3,(H,11,15)/t6-,7+/m1/s1. The van der Waals surface area contributed by atoms with Crippen molar-refractivity contribution in [2.24, 2.45) is 0 Å². The molecule has 2 aliphatic rings. The van der Waals surface area contributed by atoms with E-state index >= 15 is 0 Å². The van der Waals surface area contributed by atoms with Crippen LogP contribution >= 0.6 is 22.9 Å². The second kappa shape index (κ2) is 4.15. The lowest BCUT2D eigenvalue weighted by molar-refractivity contribution is -0.130. The fourth-order valence-electron chi connectivity index (χ4n) is 2.14. The number of piperidine rings is 1. The normalized spacial score (nSPS) is 28.9. The molecule has 0 saturated carbocycles. The Kier molecular flexibility index (Phi) is 3.03. The average Bonchev–Trinajstić information content (AvgIpc) is 2.53. The van der Waals surface area contributed by atoms with Gasteiger partial charge in [0.25, 0.3) is 5.91 Å². The van der Waals surface area contributed by atoms with Crippen molar-refractivity contribution in [2.75, 3.05) is 13.1 Å². The van der Waals surface area contributed by atoms with Crippen LogP contribution in [0.5, 0.6) is 0 Å². The zero-order valence-electron chi connectivity index (χ0n) is 8.57. The molecule has 1 N–H and O–H groups in total. The second-order valence-electron chi connectivity index (χ2n) is 3.91. The Bertz CT molecular complexity index is 297. The van der Waals surface area contributed by atoms with Gasteiger partial charge in [0.05, 0.1) is 22.9 Å². The highest BCUT2D eigenvalue weighted by Crippen LogP contribution is 2.24. The van der Waals surface area contributed by atoms with Gasteiger partial charge >= 0.3 is 6.03 Å². The van der Waals surface area contributed by atoms with Gasteiger partial charge in [-0.1, -0.05) is 0 Å². The van der Waals surface area contributed by atoms with Gasteiger partial charge in [-0.05, 0) is 19.8 Å². The Balaban J connectivity index is 2.09. The van der Waals surface area contributed by atoms with Gasteiger partial charge in [0.15, 0.2) is 0 Å². The van der Waals surface area contributed by atoms with E-state index < -0.39 is 0 Å². The van der Waals surface area contributed by atoms with E-state index in [1.807, 2.05) is 29.8 Å². The van der Waals surface area contributed by atoms with Crippen LogP contribution in [0.4, 0.5) is 4.79 Å². The number of fused-ring (bicyclic) bond motifs is 2. The van der Waals surface area contributed by atoms with Crippen LogP contribution in [-0.2, 0) is 4.79 Å². The highest BCUT2D eigenvalue weighted by Gasteiger charge is 2.42. The fourth-order valence-corrected chi connectivity index (χ4v) is 2.47. The summed E-state index contributed by atoms with van der Waals surface area (Å²) in [7, 11) is 0. The summed E-state index contributed by atoms with van der Waals surface area (Å²) in [6, 6.07) is -0.0804. The van der Waals surface area contributed by atoms with Gasteiger partial charge in [0.1, 0.15) is 6.04 Å². The SMILES string of the molecule is CCN(I)C(=O)[C@@H]1CC[C@@H]2CN1C(=O)N2. The molecule has 2 rings (SSSR count). The van der Waals surface area contributed by atoms with Crippen LogP contribution in [0.2, 0.25) is 0 Å². The number of carbonyl (C=O) groups excluding carboxylic acids is 2. The molecule has 0 unspecified atom stereocenters. The molecule has 0 aromatic carbocycles. The summed E-state index contributed by atoms with van der Waals surface area (Å²) in [6.45, 7) is 3.29. The lowest BCUT2D eigenvalue weighted by Crippen LogP contribution is -2.48. The number of hydrogen-bond donors (Lipinski definition) is 1. The molecule has 84 valence electrons. The minimum absolute atomic E-state index is 0.0496. The first-order valence-corrected chi connectivity index (χ1v) is 6.14. The summed E-state index contributed by atoms with van der Waals surface area (Å²) < 4.78 is 1.65. The molecule has 2 heterocycles. The fraction of sp³-hybridized carbons (Fsp3) is 0.778. The van der Waals surface area contributed by atoms with Crippen LogP contribution < -0.4 is 5.32 Å². The molecule has 2 saturated heterocycles. The van der Waals surface area contributed by atoms with Gasteiger partial charge in [-0.15, -0.1) is 0 Å². The Morgan fingerprint density at radius 1 is 1.67 bits per heavy atom. The topological polar surface area (TPSA) is 52.7 Å². The molecule has 2 aliphatic heterocycles. The Morgan fingerprint density at radius 3 is 3.07 bits per heavy atom. The third-order valence-electron chi connectivity index (χ3n) is 2.97. The van der Waals surface area contributed by atoms with Crippen molar-refractivity contribution in [1.82, 2.24) is 13.3 Å². The van der Waals surface area contributed by atoms with E-state index in [0.717, 1.165) is 12.8 Å². The maximum absolute atomic E-state index is 12.0. The van der Waals surface area contributed by atoms with Crippen LogP contribution in [0.15, 0.2) is 0 Å². The number of amides is 3. The highest BCUT2D eigenvalue weighted by atomic mass is 127. The third kappa shape index (κ3) is 1.91. The van der Waals surface area contributed by atoms with Gasteiger partial charge in [-0.25, -0.2) is 4.79 Å². The van der Waals surface area contributed by atoms with Crippen molar-refractivity contribution in [1.29, 1.82) is 0 Å². The predicted octanol–water partition coefficient (Wildman–Crippen LogP) is 0.741. The largest absolute Gasteiger partial charge is 0.333 e. The average molecular weight is 323 g/mol. The summed E-state index contributed by atoms with van der Waals surface area (Å²) in [4.78, 5) is 25.1. The maximum atomic E-state index is 12.0. The lowest BCUT2D eigenvalue weighted by atomic mass is 10.0. The lowest BCUT2D eigenvalue weighted by Gasteiger charge is -2.31.